The quantitative estimate of drug-likeness (QED) is 0.723. The third-order valence-corrected chi connectivity index (χ3v) is 7.59. The van der Waals surface area contributed by atoms with E-state index in [4.69, 9.17) is 13.9 Å². The zero-order chi connectivity index (χ0) is 22.9. The van der Waals surface area contributed by atoms with E-state index in [0.29, 0.717) is 17.2 Å². The molecule has 33 heavy (non-hydrogen) atoms. The van der Waals surface area contributed by atoms with Crippen LogP contribution in [0.1, 0.15) is 25.1 Å². The Hall–Kier alpha value is -3.39. The van der Waals surface area contributed by atoms with Gasteiger partial charge < -0.3 is 24.1 Å². The number of furan rings is 1. The van der Waals surface area contributed by atoms with Gasteiger partial charge in [-0.25, -0.2) is 0 Å². The standard InChI is InChI=1S/C25H24N2O6/c1-13-17(28)12-16(18-7-4-10-32-18)27-22(13)25-9-8-19(33-25)20(21(25)24(27)30)23(29)26-14-5-3-6-15(11-14)31-2/h3-11,13,16,19-22H,12H2,1-2H3,(H,26,29)/t13-,16+,19-,20+,21-,22+,25-/m0/s1. The Bertz CT molecular complexity index is 1170. The van der Waals surface area contributed by atoms with Crippen molar-refractivity contribution in [3.05, 3.63) is 60.6 Å². The van der Waals surface area contributed by atoms with Gasteiger partial charge in [-0.3, -0.25) is 14.4 Å². The first kappa shape index (κ1) is 20.2. The molecule has 8 heteroatoms. The number of anilines is 1. The highest BCUT2D eigenvalue weighted by atomic mass is 16.5. The molecule has 1 spiro atoms. The van der Waals surface area contributed by atoms with Gasteiger partial charge in [0, 0.05) is 24.1 Å². The van der Waals surface area contributed by atoms with Crippen LogP contribution in [0.15, 0.2) is 59.2 Å². The minimum Gasteiger partial charge on any atom is -0.497 e. The average molecular weight is 448 g/mol. The average Bonchev–Trinajstić information content (AvgIpc) is 3.58. The number of hydrogen-bond acceptors (Lipinski definition) is 6. The van der Waals surface area contributed by atoms with Gasteiger partial charge in [-0.15, -0.1) is 0 Å². The Kier molecular flexibility index (Phi) is 4.32. The van der Waals surface area contributed by atoms with Gasteiger partial charge >= 0.3 is 0 Å². The van der Waals surface area contributed by atoms with E-state index in [2.05, 4.69) is 5.32 Å². The number of rotatable bonds is 4. The summed E-state index contributed by atoms with van der Waals surface area (Å²) in [6.45, 7) is 1.84. The van der Waals surface area contributed by atoms with Crippen LogP contribution in [-0.4, -0.2) is 47.4 Å². The molecule has 5 heterocycles. The normalized spacial score (nSPS) is 36.1. The summed E-state index contributed by atoms with van der Waals surface area (Å²) in [5, 5.41) is 2.92. The predicted octanol–water partition coefficient (Wildman–Crippen LogP) is 2.73. The molecule has 0 unspecified atom stereocenters. The molecular formula is C25H24N2O6. The number of ketones is 1. The van der Waals surface area contributed by atoms with Crippen LogP contribution in [0.2, 0.25) is 0 Å². The Morgan fingerprint density at radius 2 is 2.09 bits per heavy atom. The summed E-state index contributed by atoms with van der Waals surface area (Å²) < 4.78 is 17.2. The zero-order valence-electron chi connectivity index (χ0n) is 18.3. The number of nitrogens with zero attached hydrogens (tertiary/aromatic N) is 1. The maximum atomic E-state index is 13.9. The molecular weight excluding hydrogens is 424 g/mol. The van der Waals surface area contributed by atoms with Gasteiger partial charge in [0.15, 0.2) is 0 Å². The van der Waals surface area contributed by atoms with Crippen molar-refractivity contribution in [2.45, 2.75) is 37.1 Å². The number of methoxy groups -OCH3 is 1. The summed E-state index contributed by atoms with van der Waals surface area (Å²) in [6.07, 6.45) is 4.97. The van der Waals surface area contributed by atoms with Crippen molar-refractivity contribution in [1.29, 1.82) is 0 Å². The van der Waals surface area contributed by atoms with Crippen LogP contribution in [0.5, 0.6) is 5.75 Å². The molecule has 8 nitrogen and oxygen atoms in total. The van der Waals surface area contributed by atoms with E-state index in [1.165, 1.54) is 0 Å². The van der Waals surface area contributed by atoms with Crippen LogP contribution < -0.4 is 10.1 Å². The lowest BCUT2D eigenvalue weighted by Crippen LogP contribution is -2.55. The molecule has 1 aromatic heterocycles. The van der Waals surface area contributed by atoms with Gasteiger partial charge in [-0.2, -0.15) is 0 Å². The molecule has 7 atom stereocenters. The fourth-order valence-electron chi connectivity index (χ4n) is 6.19. The summed E-state index contributed by atoms with van der Waals surface area (Å²) in [6, 6.07) is 9.62. The molecule has 6 rings (SSSR count). The molecule has 1 aromatic carbocycles. The Labute approximate surface area is 190 Å². The van der Waals surface area contributed by atoms with Crippen LogP contribution in [0, 0.1) is 17.8 Å². The van der Waals surface area contributed by atoms with E-state index in [1.807, 2.05) is 19.1 Å². The lowest BCUT2D eigenvalue weighted by atomic mass is 9.70. The van der Waals surface area contributed by atoms with Crippen LogP contribution >= 0.6 is 0 Å². The van der Waals surface area contributed by atoms with Gasteiger partial charge in [0.25, 0.3) is 0 Å². The Morgan fingerprint density at radius 3 is 2.85 bits per heavy atom. The van der Waals surface area contributed by atoms with E-state index >= 15 is 0 Å². The van der Waals surface area contributed by atoms with Crippen LogP contribution in [0.25, 0.3) is 0 Å². The van der Waals surface area contributed by atoms with Crippen LogP contribution in [0.4, 0.5) is 5.69 Å². The first-order valence-corrected chi connectivity index (χ1v) is 11.1. The van der Waals surface area contributed by atoms with Crippen LogP contribution in [0.3, 0.4) is 0 Å². The largest absolute Gasteiger partial charge is 0.497 e. The van der Waals surface area contributed by atoms with Crippen molar-refractivity contribution >= 4 is 23.3 Å². The molecule has 2 aromatic rings. The molecule has 1 N–H and O–H groups in total. The Morgan fingerprint density at radius 1 is 1.24 bits per heavy atom. The van der Waals surface area contributed by atoms with Crippen molar-refractivity contribution in [2.75, 3.05) is 12.4 Å². The predicted molar refractivity (Wildman–Crippen MR) is 116 cm³/mol. The van der Waals surface area contributed by atoms with E-state index in [0.717, 1.165) is 0 Å². The van der Waals surface area contributed by atoms with Crippen molar-refractivity contribution in [3.8, 4) is 5.75 Å². The highest BCUT2D eigenvalue weighted by Gasteiger charge is 2.74. The molecule has 2 bridgehead atoms. The third-order valence-electron chi connectivity index (χ3n) is 7.59. The molecule has 3 fully saturated rings. The van der Waals surface area contributed by atoms with Crippen molar-refractivity contribution in [1.82, 2.24) is 4.90 Å². The number of hydrogen-bond donors (Lipinski definition) is 1. The fourth-order valence-corrected chi connectivity index (χ4v) is 6.19. The smallest absolute Gasteiger partial charge is 0.231 e. The second-order valence-electron chi connectivity index (χ2n) is 9.20. The summed E-state index contributed by atoms with van der Waals surface area (Å²) >= 11 is 0. The van der Waals surface area contributed by atoms with Gasteiger partial charge in [0.2, 0.25) is 11.8 Å². The first-order chi connectivity index (χ1) is 15.9. The molecule has 170 valence electrons. The summed E-state index contributed by atoms with van der Waals surface area (Å²) in [5.74, 6) is -1.01. The molecule has 4 aliphatic rings. The maximum absolute atomic E-state index is 13.9. The van der Waals surface area contributed by atoms with Gasteiger partial charge in [0.1, 0.15) is 22.9 Å². The number of ether oxygens (including phenoxy) is 2. The SMILES string of the molecule is COc1cccc(NC(=O)[C@@H]2[C@@H]3C=C[C@]4(O3)[C@@H]2C(=O)N2[C@@H](c3ccco3)CC(=O)[C@H](C)[C@@H]24)c1. The van der Waals surface area contributed by atoms with E-state index in [1.54, 1.807) is 54.7 Å². The molecule has 0 saturated carbocycles. The molecule has 4 aliphatic heterocycles. The molecule has 3 saturated heterocycles. The fraction of sp³-hybridized carbons (Fsp3) is 0.400. The summed E-state index contributed by atoms with van der Waals surface area (Å²) in [4.78, 5) is 42.0. The number of amides is 2. The second-order valence-corrected chi connectivity index (χ2v) is 9.20. The van der Waals surface area contributed by atoms with Crippen molar-refractivity contribution < 1.29 is 28.3 Å². The summed E-state index contributed by atoms with van der Waals surface area (Å²) in [7, 11) is 1.56. The topological polar surface area (TPSA) is 98.1 Å². The lowest BCUT2D eigenvalue weighted by molar-refractivity contribution is -0.147. The minimum absolute atomic E-state index is 0.0604. The second kappa shape index (κ2) is 7.05. The van der Waals surface area contributed by atoms with Crippen molar-refractivity contribution in [2.24, 2.45) is 17.8 Å². The van der Waals surface area contributed by atoms with E-state index in [-0.39, 0.29) is 24.0 Å². The number of carbonyl (C=O) groups is 3. The number of Topliss-reactive ketones (excluding diaryl/α,β-unsaturated/α-hetero) is 1. The molecule has 2 amide bonds. The van der Waals surface area contributed by atoms with Gasteiger partial charge in [-0.1, -0.05) is 25.1 Å². The van der Waals surface area contributed by atoms with E-state index in [9.17, 15) is 14.4 Å². The minimum atomic E-state index is -1.00. The highest BCUT2D eigenvalue weighted by Crippen LogP contribution is 2.60. The van der Waals surface area contributed by atoms with Crippen LogP contribution in [-0.2, 0) is 19.1 Å². The number of fused-ring (bicyclic) bond motifs is 2. The van der Waals surface area contributed by atoms with Gasteiger partial charge in [-0.05, 0) is 24.3 Å². The zero-order valence-corrected chi connectivity index (χ0v) is 18.3. The number of benzene rings is 1. The maximum Gasteiger partial charge on any atom is 0.231 e. The number of carbonyl (C=O) groups excluding carboxylic acids is 3. The van der Waals surface area contributed by atoms with E-state index < -0.39 is 41.5 Å². The Balaban J connectivity index is 1.37. The number of nitrogens with one attached hydrogen (secondary N) is 1. The monoisotopic (exact) mass is 448 g/mol. The first-order valence-electron chi connectivity index (χ1n) is 11.1. The third kappa shape index (κ3) is 2.70. The molecule has 0 radical (unpaired) electrons. The number of piperidine rings is 1. The lowest BCUT2D eigenvalue weighted by Gasteiger charge is -2.43. The summed E-state index contributed by atoms with van der Waals surface area (Å²) in [5.41, 5.74) is -0.418. The highest BCUT2D eigenvalue weighted by molar-refractivity contribution is 6.00. The van der Waals surface area contributed by atoms with Crippen molar-refractivity contribution in [3.63, 3.8) is 0 Å². The molecule has 0 aliphatic carbocycles. The van der Waals surface area contributed by atoms with Gasteiger partial charge in [0.05, 0.1) is 43.4 Å².